The lowest BCUT2D eigenvalue weighted by Crippen LogP contribution is -2.27. The van der Waals surface area contributed by atoms with E-state index in [4.69, 9.17) is 9.47 Å². The van der Waals surface area contributed by atoms with Crippen LogP contribution in [0.1, 0.15) is 24.8 Å². The summed E-state index contributed by atoms with van der Waals surface area (Å²) in [5, 5.41) is 13.2. The number of halogens is 1. The Morgan fingerprint density at radius 2 is 2.25 bits per heavy atom. The Bertz CT molecular complexity index is 428. The first kappa shape index (κ1) is 15.8. The Kier molecular flexibility index (Phi) is 6.29. The molecule has 112 valence electrons. The Balaban J connectivity index is 2.02. The van der Waals surface area contributed by atoms with E-state index in [1.54, 1.807) is 7.11 Å². The molecule has 1 fully saturated rings. The summed E-state index contributed by atoms with van der Waals surface area (Å²) in [5.74, 6) is 0.836. The van der Waals surface area contributed by atoms with Crippen molar-refractivity contribution < 1.29 is 14.6 Å². The second-order valence-electron chi connectivity index (χ2n) is 5.05. The van der Waals surface area contributed by atoms with Crippen molar-refractivity contribution in [3.63, 3.8) is 0 Å². The third-order valence-corrected chi connectivity index (χ3v) is 4.16. The zero-order valence-electron chi connectivity index (χ0n) is 11.8. The highest BCUT2D eigenvalue weighted by atomic mass is 79.9. The first-order valence-electron chi connectivity index (χ1n) is 7.04. The maximum atomic E-state index is 9.91. The Morgan fingerprint density at radius 3 is 2.95 bits per heavy atom. The van der Waals surface area contributed by atoms with Crippen LogP contribution in [0.5, 0.6) is 5.75 Å². The van der Waals surface area contributed by atoms with Crippen molar-refractivity contribution in [2.75, 3.05) is 20.3 Å². The number of aliphatic hydroxyl groups excluding tert-OH is 1. The Hall–Kier alpha value is -0.620. The second-order valence-corrected chi connectivity index (χ2v) is 5.91. The number of hydrogen-bond donors (Lipinski definition) is 2. The van der Waals surface area contributed by atoms with Gasteiger partial charge in [-0.1, -0.05) is 12.1 Å². The molecule has 1 aromatic rings. The fourth-order valence-electron chi connectivity index (χ4n) is 2.42. The Labute approximate surface area is 128 Å². The lowest BCUT2D eigenvalue weighted by molar-refractivity contribution is 0.0592. The quantitative estimate of drug-likeness (QED) is 0.747. The fourth-order valence-corrected chi connectivity index (χ4v) is 2.92. The van der Waals surface area contributed by atoms with Gasteiger partial charge in [-0.3, -0.25) is 0 Å². The van der Waals surface area contributed by atoms with Gasteiger partial charge in [0.15, 0.2) is 0 Å². The summed E-state index contributed by atoms with van der Waals surface area (Å²) in [6, 6.07) is 6.01. The van der Waals surface area contributed by atoms with Crippen LogP contribution in [-0.4, -0.2) is 37.6 Å². The number of nitrogens with one attached hydrogen (secondary N) is 1. The van der Waals surface area contributed by atoms with Gasteiger partial charge in [-0.05, 0) is 41.3 Å². The van der Waals surface area contributed by atoms with Crippen LogP contribution in [0.3, 0.4) is 0 Å². The molecule has 0 aromatic heterocycles. The van der Waals surface area contributed by atoms with E-state index in [1.807, 2.05) is 18.2 Å². The van der Waals surface area contributed by atoms with Gasteiger partial charge in [0, 0.05) is 25.8 Å². The van der Waals surface area contributed by atoms with E-state index in [0.717, 1.165) is 48.1 Å². The van der Waals surface area contributed by atoms with Crippen LogP contribution in [-0.2, 0) is 11.3 Å². The molecule has 0 radical (unpaired) electrons. The molecule has 1 aliphatic rings. The number of benzene rings is 1. The van der Waals surface area contributed by atoms with Crippen LogP contribution in [0, 0.1) is 0 Å². The smallest absolute Gasteiger partial charge is 0.138 e. The summed E-state index contributed by atoms with van der Waals surface area (Å²) >= 11 is 3.54. The molecule has 1 aliphatic carbocycles. The molecule has 1 aromatic carbocycles. The normalized spacial score (nSPS) is 22.1. The predicted molar refractivity (Wildman–Crippen MR) is 82.0 cm³/mol. The maximum absolute atomic E-state index is 9.91. The molecule has 1 saturated carbocycles. The fraction of sp³-hybridized carbons (Fsp3) is 0.600. The molecule has 2 rings (SSSR count). The minimum atomic E-state index is -0.351. The summed E-state index contributed by atoms with van der Waals surface area (Å²) < 4.78 is 12.0. The lowest BCUT2D eigenvalue weighted by Gasteiger charge is -2.21. The topological polar surface area (TPSA) is 50.7 Å². The van der Waals surface area contributed by atoms with E-state index < -0.39 is 0 Å². The number of aliphatic hydroxyl groups is 1. The van der Waals surface area contributed by atoms with Gasteiger partial charge in [0.25, 0.3) is 0 Å². The standard InChI is InChI=1S/C15H22BrNO3/c1-19-9-8-17-10-11-4-2-5-12(16)15(11)20-14-7-3-6-13(14)18/h2,4-5,13-14,17-18H,3,6-10H2,1H3. The third kappa shape index (κ3) is 4.19. The van der Waals surface area contributed by atoms with Gasteiger partial charge in [-0.15, -0.1) is 0 Å². The molecule has 4 nitrogen and oxygen atoms in total. The molecule has 0 saturated heterocycles. The molecular weight excluding hydrogens is 322 g/mol. The zero-order valence-corrected chi connectivity index (χ0v) is 13.4. The molecule has 0 heterocycles. The summed E-state index contributed by atoms with van der Waals surface area (Å²) in [7, 11) is 1.69. The van der Waals surface area contributed by atoms with E-state index in [-0.39, 0.29) is 12.2 Å². The summed E-state index contributed by atoms with van der Waals surface area (Å²) in [6.45, 7) is 2.21. The highest BCUT2D eigenvalue weighted by Crippen LogP contribution is 2.33. The number of ether oxygens (including phenoxy) is 2. The van der Waals surface area contributed by atoms with Gasteiger partial charge in [-0.2, -0.15) is 0 Å². The zero-order chi connectivity index (χ0) is 14.4. The number of hydrogen-bond acceptors (Lipinski definition) is 4. The van der Waals surface area contributed by atoms with Crippen molar-refractivity contribution in [1.29, 1.82) is 0 Å². The van der Waals surface area contributed by atoms with Crippen molar-refractivity contribution in [3.05, 3.63) is 28.2 Å². The van der Waals surface area contributed by atoms with Crippen LogP contribution in [0.25, 0.3) is 0 Å². The Morgan fingerprint density at radius 1 is 1.40 bits per heavy atom. The van der Waals surface area contributed by atoms with Crippen molar-refractivity contribution in [2.45, 2.75) is 38.0 Å². The monoisotopic (exact) mass is 343 g/mol. The number of rotatable bonds is 7. The van der Waals surface area contributed by atoms with Gasteiger partial charge in [-0.25, -0.2) is 0 Å². The molecule has 20 heavy (non-hydrogen) atoms. The third-order valence-electron chi connectivity index (χ3n) is 3.53. The van der Waals surface area contributed by atoms with Gasteiger partial charge in [0.05, 0.1) is 17.2 Å². The predicted octanol–water partition coefficient (Wildman–Crippen LogP) is 2.48. The maximum Gasteiger partial charge on any atom is 0.138 e. The first-order chi connectivity index (χ1) is 9.72. The molecular formula is C15H22BrNO3. The lowest BCUT2D eigenvalue weighted by atomic mass is 10.2. The van der Waals surface area contributed by atoms with Crippen molar-refractivity contribution >= 4 is 15.9 Å². The summed E-state index contributed by atoms with van der Waals surface area (Å²) in [6.07, 6.45) is 2.33. The molecule has 2 N–H and O–H groups in total. The van der Waals surface area contributed by atoms with Crippen molar-refractivity contribution in [3.8, 4) is 5.75 Å². The average molecular weight is 344 g/mol. The average Bonchev–Trinajstić information content (AvgIpc) is 2.84. The highest BCUT2D eigenvalue weighted by Gasteiger charge is 2.28. The molecule has 5 heteroatoms. The second kappa shape index (κ2) is 7.98. The molecule has 0 amide bonds. The van der Waals surface area contributed by atoms with Crippen LogP contribution in [0.15, 0.2) is 22.7 Å². The van der Waals surface area contributed by atoms with E-state index in [0.29, 0.717) is 6.61 Å². The summed E-state index contributed by atoms with van der Waals surface area (Å²) in [5.41, 5.74) is 1.09. The first-order valence-corrected chi connectivity index (χ1v) is 7.83. The largest absolute Gasteiger partial charge is 0.486 e. The van der Waals surface area contributed by atoms with Gasteiger partial charge < -0.3 is 19.9 Å². The van der Waals surface area contributed by atoms with E-state index in [2.05, 4.69) is 21.2 Å². The molecule has 2 unspecified atom stereocenters. The molecule has 0 aliphatic heterocycles. The summed E-state index contributed by atoms with van der Waals surface area (Å²) in [4.78, 5) is 0. The van der Waals surface area contributed by atoms with Gasteiger partial charge in [0.1, 0.15) is 11.9 Å². The van der Waals surface area contributed by atoms with E-state index in [1.165, 1.54) is 0 Å². The minimum absolute atomic E-state index is 0.0913. The minimum Gasteiger partial charge on any atom is -0.486 e. The number of para-hydroxylation sites is 1. The van der Waals surface area contributed by atoms with Crippen LogP contribution >= 0.6 is 15.9 Å². The van der Waals surface area contributed by atoms with Crippen LogP contribution < -0.4 is 10.1 Å². The van der Waals surface area contributed by atoms with Gasteiger partial charge in [0.2, 0.25) is 0 Å². The van der Waals surface area contributed by atoms with Crippen LogP contribution in [0.2, 0.25) is 0 Å². The van der Waals surface area contributed by atoms with Gasteiger partial charge >= 0.3 is 0 Å². The molecule has 0 bridgehead atoms. The molecule has 0 spiro atoms. The van der Waals surface area contributed by atoms with E-state index in [9.17, 15) is 5.11 Å². The molecule has 2 atom stereocenters. The highest BCUT2D eigenvalue weighted by molar-refractivity contribution is 9.10. The van der Waals surface area contributed by atoms with Crippen LogP contribution in [0.4, 0.5) is 0 Å². The SMILES string of the molecule is COCCNCc1cccc(Br)c1OC1CCCC1O. The number of methoxy groups -OCH3 is 1. The van der Waals surface area contributed by atoms with Crippen molar-refractivity contribution in [2.24, 2.45) is 0 Å². The van der Waals surface area contributed by atoms with E-state index >= 15 is 0 Å². The van der Waals surface area contributed by atoms with Crippen molar-refractivity contribution in [1.82, 2.24) is 5.32 Å².